The third kappa shape index (κ3) is 25.4. The van der Waals surface area contributed by atoms with Gasteiger partial charge in [-0.3, -0.25) is 9.59 Å². The summed E-state index contributed by atoms with van der Waals surface area (Å²) in [5.74, 6) is -0.817. The van der Waals surface area contributed by atoms with Gasteiger partial charge in [-0.25, -0.2) is 0 Å². The zero-order chi connectivity index (χ0) is 28.1. The molecule has 0 radical (unpaired) electrons. The lowest BCUT2D eigenvalue weighted by molar-refractivity contribution is -0.136. The number of ketones is 1. The molecular weight excluding hydrogens is 470 g/mol. The van der Waals surface area contributed by atoms with Crippen molar-refractivity contribution in [1.82, 2.24) is 5.32 Å². The molecule has 0 fully saturated rings. The van der Waals surface area contributed by atoms with E-state index in [0.717, 1.165) is 25.7 Å². The molecule has 4 nitrogen and oxygen atoms in total. The molecule has 2 N–H and O–H groups in total. The van der Waals surface area contributed by atoms with Crippen LogP contribution in [0.4, 0.5) is 0 Å². The third-order valence-corrected chi connectivity index (χ3v) is 7.93. The molecule has 0 spiro atoms. The van der Waals surface area contributed by atoms with E-state index in [1.807, 2.05) is 0 Å². The van der Waals surface area contributed by atoms with Gasteiger partial charge in [0.2, 0.25) is 5.91 Å². The molecule has 2 atom stereocenters. The molecule has 0 saturated carbocycles. The molecular formula is C34H67NO3. The van der Waals surface area contributed by atoms with E-state index in [9.17, 15) is 14.7 Å². The standard InChI is InChI=1S/C34H67NO3/c1-4-6-8-10-12-14-16-18-20-22-24-26-28-30-33(37)32(34(38)35-31(3)36)29-27-25-23-21-19-17-15-13-11-9-7-5-2/h31-32,36H,4-30H2,1-3H3,(H,35,38). The number of hydrogen-bond donors (Lipinski definition) is 2. The highest BCUT2D eigenvalue weighted by molar-refractivity contribution is 6.01. The highest BCUT2D eigenvalue weighted by Gasteiger charge is 2.26. The fourth-order valence-corrected chi connectivity index (χ4v) is 5.43. The second-order valence-electron chi connectivity index (χ2n) is 11.9. The van der Waals surface area contributed by atoms with Gasteiger partial charge in [0, 0.05) is 6.42 Å². The van der Waals surface area contributed by atoms with Crippen molar-refractivity contribution in [2.75, 3.05) is 0 Å². The van der Waals surface area contributed by atoms with Gasteiger partial charge in [-0.2, -0.15) is 0 Å². The lowest BCUT2D eigenvalue weighted by Gasteiger charge is -2.17. The number of carbonyl (C=O) groups excluding carboxylic acids is 2. The number of aliphatic hydroxyl groups excluding tert-OH is 1. The van der Waals surface area contributed by atoms with E-state index in [-0.39, 0.29) is 11.7 Å². The van der Waals surface area contributed by atoms with Crippen molar-refractivity contribution >= 4 is 11.7 Å². The Morgan fingerprint density at radius 2 is 0.842 bits per heavy atom. The summed E-state index contributed by atoms with van der Waals surface area (Å²) in [5, 5.41) is 12.1. The van der Waals surface area contributed by atoms with Crippen LogP contribution in [0.15, 0.2) is 0 Å². The molecule has 0 heterocycles. The average molecular weight is 538 g/mol. The number of amides is 1. The molecule has 226 valence electrons. The predicted octanol–water partition coefficient (Wildman–Crippen LogP) is 10.2. The maximum atomic E-state index is 12.9. The minimum Gasteiger partial charge on any atom is -0.374 e. The quantitative estimate of drug-likeness (QED) is 0.0544. The number of unbranched alkanes of at least 4 members (excludes halogenated alkanes) is 23. The molecule has 0 aliphatic rings. The normalized spacial score (nSPS) is 12.9. The molecule has 4 heteroatoms. The molecule has 0 aliphatic carbocycles. The minimum atomic E-state index is -0.906. The summed E-state index contributed by atoms with van der Waals surface area (Å²) in [6.45, 7) is 6.07. The van der Waals surface area contributed by atoms with E-state index in [0.29, 0.717) is 12.8 Å². The smallest absolute Gasteiger partial charge is 0.232 e. The van der Waals surface area contributed by atoms with Crippen LogP contribution in [-0.2, 0) is 9.59 Å². The third-order valence-electron chi connectivity index (χ3n) is 7.93. The largest absolute Gasteiger partial charge is 0.374 e. The number of rotatable bonds is 30. The maximum absolute atomic E-state index is 12.9. The summed E-state index contributed by atoms with van der Waals surface area (Å²) in [4.78, 5) is 25.4. The van der Waals surface area contributed by atoms with Crippen molar-refractivity contribution in [3.05, 3.63) is 0 Å². The monoisotopic (exact) mass is 538 g/mol. The fourth-order valence-electron chi connectivity index (χ4n) is 5.43. The minimum absolute atomic E-state index is 0.0642. The second-order valence-corrected chi connectivity index (χ2v) is 11.9. The Hall–Kier alpha value is -0.900. The molecule has 1 amide bonds. The van der Waals surface area contributed by atoms with Crippen molar-refractivity contribution in [3.63, 3.8) is 0 Å². The summed E-state index contributed by atoms with van der Waals surface area (Å²) >= 11 is 0. The summed E-state index contributed by atoms with van der Waals surface area (Å²) in [6, 6.07) is 0. The van der Waals surface area contributed by atoms with E-state index in [2.05, 4.69) is 19.2 Å². The average Bonchev–Trinajstić information content (AvgIpc) is 2.89. The van der Waals surface area contributed by atoms with Crippen molar-refractivity contribution in [2.24, 2.45) is 5.92 Å². The summed E-state index contributed by atoms with van der Waals surface area (Å²) in [6.07, 6.45) is 32.2. The first-order chi connectivity index (χ1) is 18.5. The Labute approximate surface area is 237 Å². The van der Waals surface area contributed by atoms with Crippen LogP contribution in [-0.4, -0.2) is 23.0 Å². The van der Waals surface area contributed by atoms with Gasteiger partial charge < -0.3 is 10.4 Å². The number of carbonyl (C=O) groups is 2. The molecule has 0 rings (SSSR count). The first-order valence-electron chi connectivity index (χ1n) is 17.0. The van der Waals surface area contributed by atoms with Crippen molar-refractivity contribution in [1.29, 1.82) is 0 Å². The highest BCUT2D eigenvalue weighted by atomic mass is 16.3. The van der Waals surface area contributed by atoms with Crippen molar-refractivity contribution in [3.8, 4) is 0 Å². The number of nitrogens with one attached hydrogen (secondary N) is 1. The number of hydrogen-bond acceptors (Lipinski definition) is 3. The number of Topliss-reactive ketones (excluding diaryl/α,β-unsaturated/α-hetero) is 1. The van der Waals surface area contributed by atoms with Crippen LogP contribution in [0, 0.1) is 5.92 Å². The van der Waals surface area contributed by atoms with Crippen LogP contribution in [0.25, 0.3) is 0 Å². The van der Waals surface area contributed by atoms with Gasteiger partial charge in [0.15, 0.2) is 0 Å². The Bertz CT molecular complexity index is 520. The van der Waals surface area contributed by atoms with Crippen molar-refractivity contribution in [2.45, 2.75) is 200 Å². The highest BCUT2D eigenvalue weighted by Crippen LogP contribution is 2.19. The second kappa shape index (κ2) is 29.1. The van der Waals surface area contributed by atoms with Gasteiger partial charge in [0.25, 0.3) is 0 Å². The molecule has 2 unspecified atom stereocenters. The van der Waals surface area contributed by atoms with Crippen LogP contribution in [0.3, 0.4) is 0 Å². The van der Waals surface area contributed by atoms with Gasteiger partial charge in [-0.05, 0) is 19.8 Å². The lowest BCUT2D eigenvalue weighted by atomic mass is 9.92. The van der Waals surface area contributed by atoms with Crippen LogP contribution in [0.5, 0.6) is 0 Å². The molecule has 0 aromatic carbocycles. The van der Waals surface area contributed by atoms with E-state index < -0.39 is 12.1 Å². The van der Waals surface area contributed by atoms with Gasteiger partial charge in [-0.15, -0.1) is 0 Å². The van der Waals surface area contributed by atoms with Crippen LogP contribution in [0.2, 0.25) is 0 Å². The molecule has 0 bridgehead atoms. The Morgan fingerprint density at radius 1 is 0.526 bits per heavy atom. The lowest BCUT2D eigenvalue weighted by Crippen LogP contribution is -2.40. The number of aliphatic hydroxyl groups is 1. The molecule has 0 aromatic rings. The van der Waals surface area contributed by atoms with Gasteiger partial charge in [0.05, 0.1) is 5.92 Å². The molecule has 0 aromatic heterocycles. The molecule has 38 heavy (non-hydrogen) atoms. The van der Waals surface area contributed by atoms with Crippen LogP contribution < -0.4 is 5.32 Å². The van der Waals surface area contributed by atoms with Gasteiger partial charge in [0.1, 0.15) is 12.0 Å². The first-order valence-corrected chi connectivity index (χ1v) is 17.0. The molecule has 0 saturated heterocycles. The Balaban J connectivity index is 3.91. The van der Waals surface area contributed by atoms with Gasteiger partial charge in [-0.1, -0.05) is 168 Å². The van der Waals surface area contributed by atoms with Crippen LogP contribution in [0.1, 0.15) is 194 Å². The van der Waals surface area contributed by atoms with Crippen molar-refractivity contribution < 1.29 is 14.7 Å². The predicted molar refractivity (Wildman–Crippen MR) is 164 cm³/mol. The van der Waals surface area contributed by atoms with Gasteiger partial charge >= 0.3 is 0 Å². The Morgan fingerprint density at radius 3 is 1.18 bits per heavy atom. The maximum Gasteiger partial charge on any atom is 0.232 e. The van der Waals surface area contributed by atoms with Crippen LogP contribution >= 0.6 is 0 Å². The zero-order valence-corrected chi connectivity index (χ0v) is 26.0. The summed E-state index contributed by atoms with van der Waals surface area (Å²) in [5.41, 5.74) is 0. The Kier molecular flexibility index (Phi) is 28.4. The van der Waals surface area contributed by atoms with E-state index in [1.165, 1.54) is 142 Å². The summed E-state index contributed by atoms with van der Waals surface area (Å²) < 4.78 is 0. The first kappa shape index (κ1) is 37.1. The summed E-state index contributed by atoms with van der Waals surface area (Å²) in [7, 11) is 0. The molecule has 0 aliphatic heterocycles. The zero-order valence-electron chi connectivity index (χ0n) is 26.0. The van der Waals surface area contributed by atoms with E-state index in [4.69, 9.17) is 0 Å². The van der Waals surface area contributed by atoms with E-state index in [1.54, 1.807) is 0 Å². The SMILES string of the molecule is CCCCCCCCCCCCCCCC(=O)C(CCCCCCCCCCCCCC)C(=O)NC(C)O. The topological polar surface area (TPSA) is 66.4 Å². The fraction of sp³-hybridized carbons (Fsp3) is 0.941. The van der Waals surface area contributed by atoms with E-state index >= 15 is 0 Å².